The van der Waals surface area contributed by atoms with Gasteiger partial charge in [0.25, 0.3) is 0 Å². The monoisotopic (exact) mass is 447 g/mol. The highest BCUT2D eigenvalue weighted by atomic mass is 16.5. The highest BCUT2D eigenvalue weighted by molar-refractivity contribution is 5.75. The number of hydrogen-bond acceptors (Lipinski definition) is 6. The Morgan fingerprint density at radius 2 is 1.58 bits per heavy atom. The molecule has 0 aliphatic rings. The minimum absolute atomic E-state index is 0.0784. The van der Waals surface area contributed by atoms with Gasteiger partial charge in [0.05, 0.1) is 38.4 Å². The van der Waals surface area contributed by atoms with Gasteiger partial charge in [-0.3, -0.25) is 9.59 Å². The molecule has 0 spiro atoms. The molecule has 0 aromatic rings. The van der Waals surface area contributed by atoms with E-state index in [0.29, 0.717) is 45.9 Å². The largest absolute Gasteiger partial charge is 0.481 e. The van der Waals surface area contributed by atoms with Crippen LogP contribution in [0.3, 0.4) is 0 Å². The normalized spacial score (nSPS) is 10.1. The van der Waals surface area contributed by atoms with Crippen molar-refractivity contribution < 1.29 is 24.2 Å². The number of carboxylic acids is 1. The Labute approximate surface area is 190 Å². The first-order valence-corrected chi connectivity index (χ1v) is 11.4. The molecule has 0 aromatic heterocycles. The standard InChI is InChI=1S/C14H29N3O3.C7H14O2.C2H6/c1-4-5-14(18)16-6-8-19-10-11-20-9-7-17(15)12-13(2)3;1-4-5-7(2,3)6(8)9;1-2/h12H,4-11,15H2,1-3H3,(H,16,18);4-5H2,1-3H3,(H,8,9);1-2H3. The minimum atomic E-state index is -0.704. The second kappa shape index (κ2) is 23.0. The Bertz CT molecular complexity index is 464. The van der Waals surface area contributed by atoms with Crippen molar-refractivity contribution in [2.24, 2.45) is 11.3 Å². The van der Waals surface area contributed by atoms with Crippen molar-refractivity contribution in [2.45, 2.75) is 81.1 Å². The molecule has 0 saturated carbocycles. The zero-order chi connectivity index (χ0) is 24.7. The summed E-state index contributed by atoms with van der Waals surface area (Å²) in [6.45, 7) is 18.8. The van der Waals surface area contributed by atoms with E-state index < -0.39 is 11.4 Å². The van der Waals surface area contributed by atoms with Crippen LogP contribution in [0, 0.1) is 5.41 Å². The van der Waals surface area contributed by atoms with Crippen LogP contribution in [0.15, 0.2) is 11.8 Å². The summed E-state index contributed by atoms with van der Waals surface area (Å²) in [6, 6.07) is 0. The van der Waals surface area contributed by atoms with E-state index in [0.717, 1.165) is 24.8 Å². The third-order valence-electron chi connectivity index (χ3n) is 3.79. The summed E-state index contributed by atoms with van der Waals surface area (Å²) in [6.07, 6.45) is 5.00. The number of ether oxygens (including phenoxy) is 2. The molecule has 0 saturated heterocycles. The molecule has 0 rings (SSSR count). The Kier molecular flexibility index (Phi) is 25.2. The number of carboxylic acid groups (broad SMARTS) is 1. The zero-order valence-electron chi connectivity index (χ0n) is 21.3. The third kappa shape index (κ3) is 26.3. The topological polar surface area (TPSA) is 114 Å². The number of nitrogens with zero attached hydrogens (tertiary/aromatic N) is 1. The molecule has 0 fully saturated rings. The van der Waals surface area contributed by atoms with E-state index in [2.05, 4.69) is 5.32 Å². The smallest absolute Gasteiger partial charge is 0.309 e. The lowest BCUT2D eigenvalue weighted by Crippen LogP contribution is -2.29. The molecule has 0 atom stereocenters. The van der Waals surface area contributed by atoms with Crippen LogP contribution < -0.4 is 11.2 Å². The first-order chi connectivity index (χ1) is 14.6. The molecule has 0 radical (unpaired) electrons. The fourth-order valence-corrected chi connectivity index (χ4v) is 2.20. The lowest BCUT2D eigenvalue weighted by Gasteiger charge is -2.16. The molecule has 0 aliphatic heterocycles. The van der Waals surface area contributed by atoms with Crippen LogP contribution >= 0.6 is 0 Å². The Morgan fingerprint density at radius 1 is 1.03 bits per heavy atom. The molecule has 0 bridgehead atoms. The number of rotatable bonds is 15. The van der Waals surface area contributed by atoms with Crippen molar-refractivity contribution in [3.05, 3.63) is 11.8 Å². The van der Waals surface area contributed by atoms with Crippen LogP contribution in [0.1, 0.15) is 81.1 Å². The predicted octanol–water partition coefficient (Wildman–Crippen LogP) is 3.96. The van der Waals surface area contributed by atoms with E-state index in [-0.39, 0.29) is 5.91 Å². The van der Waals surface area contributed by atoms with Crippen molar-refractivity contribution >= 4 is 11.9 Å². The summed E-state index contributed by atoms with van der Waals surface area (Å²) in [5.41, 5.74) is 0.621. The van der Waals surface area contributed by atoms with Crippen molar-refractivity contribution in [3.63, 3.8) is 0 Å². The number of nitrogens with one attached hydrogen (secondary N) is 1. The maximum Gasteiger partial charge on any atom is 0.309 e. The Balaban J connectivity index is -0.000000595. The Morgan fingerprint density at radius 3 is 2.00 bits per heavy atom. The highest BCUT2D eigenvalue weighted by Crippen LogP contribution is 2.21. The van der Waals surface area contributed by atoms with Gasteiger partial charge >= 0.3 is 5.97 Å². The second-order valence-corrected chi connectivity index (χ2v) is 7.71. The van der Waals surface area contributed by atoms with E-state index in [9.17, 15) is 9.59 Å². The van der Waals surface area contributed by atoms with E-state index >= 15 is 0 Å². The van der Waals surface area contributed by atoms with Gasteiger partial charge < -0.3 is 24.9 Å². The Hall–Kier alpha value is -1.64. The highest BCUT2D eigenvalue weighted by Gasteiger charge is 2.25. The van der Waals surface area contributed by atoms with Gasteiger partial charge in [0.2, 0.25) is 5.91 Å². The van der Waals surface area contributed by atoms with Gasteiger partial charge in [0, 0.05) is 19.2 Å². The number of aliphatic carboxylic acids is 1. The number of hydrazine groups is 1. The maximum absolute atomic E-state index is 11.1. The van der Waals surface area contributed by atoms with Gasteiger partial charge in [-0.25, -0.2) is 5.84 Å². The average Bonchev–Trinajstić information content (AvgIpc) is 2.68. The summed E-state index contributed by atoms with van der Waals surface area (Å²) >= 11 is 0. The quantitative estimate of drug-likeness (QED) is 0.198. The number of hydrogen-bond donors (Lipinski definition) is 3. The van der Waals surface area contributed by atoms with Gasteiger partial charge in [0.15, 0.2) is 0 Å². The molecular formula is C23H49N3O5. The van der Waals surface area contributed by atoms with Gasteiger partial charge in [-0.2, -0.15) is 0 Å². The fraction of sp³-hybridized carbons (Fsp3) is 0.826. The lowest BCUT2D eigenvalue weighted by atomic mass is 9.88. The predicted molar refractivity (Wildman–Crippen MR) is 128 cm³/mol. The number of amides is 1. The van der Waals surface area contributed by atoms with E-state index in [4.69, 9.17) is 20.4 Å². The summed E-state index contributed by atoms with van der Waals surface area (Å²) < 4.78 is 10.7. The summed E-state index contributed by atoms with van der Waals surface area (Å²) in [5, 5.41) is 13.0. The molecule has 8 heteroatoms. The van der Waals surface area contributed by atoms with Crippen molar-refractivity contribution in [2.75, 3.05) is 39.5 Å². The molecule has 0 aromatic carbocycles. The fourth-order valence-electron chi connectivity index (χ4n) is 2.20. The first-order valence-electron chi connectivity index (χ1n) is 11.4. The molecule has 4 N–H and O–H groups in total. The number of allylic oxidation sites excluding steroid dienone is 1. The van der Waals surface area contributed by atoms with Crippen molar-refractivity contribution in [1.82, 2.24) is 10.3 Å². The number of carbonyl (C=O) groups excluding carboxylic acids is 1. The van der Waals surface area contributed by atoms with Crippen molar-refractivity contribution in [3.8, 4) is 0 Å². The molecule has 0 unspecified atom stereocenters. The molecule has 1 amide bonds. The van der Waals surface area contributed by atoms with Gasteiger partial charge in [-0.1, -0.05) is 39.7 Å². The molecule has 8 nitrogen and oxygen atoms in total. The van der Waals surface area contributed by atoms with Crippen LogP contribution in [0.4, 0.5) is 0 Å². The van der Waals surface area contributed by atoms with Crippen LogP contribution in [-0.4, -0.2) is 61.5 Å². The zero-order valence-corrected chi connectivity index (χ0v) is 21.3. The van der Waals surface area contributed by atoms with Crippen LogP contribution in [0.5, 0.6) is 0 Å². The van der Waals surface area contributed by atoms with Crippen LogP contribution in [0.25, 0.3) is 0 Å². The third-order valence-corrected chi connectivity index (χ3v) is 3.79. The molecule has 0 heterocycles. The molecular weight excluding hydrogens is 398 g/mol. The number of nitrogens with two attached hydrogens (primary N) is 1. The van der Waals surface area contributed by atoms with Gasteiger partial charge in [0.1, 0.15) is 0 Å². The average molecular weight is 448 g/mol. The van der Waals surface area contributed by atoms with E-state index in [1.165, 1.54) is 0 Å². The van der Waals surface area contributed by atoms with E-state index in [1.54, 1.807) is 18.9 Å². The molecule has 31 heavy (non-hydrogen) atoms. The van der Waals surface area contributed by atoms with Gasteiger partial charge in [-0.15, -0.1) is 0 Å². The first kappa shape index (κ1) is 34.0. The summed E-state index contributed by atoms with van der Waals surface area (Å²) in [7, 11) is 0. The second-order valence-electron chi connectivity index (χ2n) is 7.71. The van der Waals surface area contributed by atoms with E-state index in [1.807, 2.05) is 47.7 Å². The minimum Gasteiger partial charge on any atom is -0.481 e. The van der Waals surface area contributed by atoms with Gasteiger partial charge in [-0.05, 0) is 40.5 Å². The van der Waals surface area contributed by atoms with Crippen LogP contribution in [0.2, 0.25) is 0 Å². The SMILES string of the molecule is CC.CCCC(=O)NCCOCCOCCN(N)C=C(C)C.CCCC(C)(C)C(=O)O. The van der Waals surface area contributed by atoms with Crippen molar-refractivity contribution in [1.29, 1.82) is 0 Å². The lowest BCUT2D eigenvalue weighted by molar-refractivity contribution is -0.147. The summed E-state index contributed by atoms with van der Waals surface area (Å²) in [4.78, 5) is 21.6. The summed E-state index contributed by atoms with van der Waals surface area (Å²) in [5.74, 6) is 5.09. The molecule has 186 valence electrons. The number of carbonyl (C=O) groups is 2. The molecule has 0 aliphatic carbocycles. The maximum atomic E-state index is 11.1. The van der Waals surface area contributed by atoms with Crippen LogP contribution in [-0.2, 0) is 19.1 Å².